The van der Waals surface area contributed by atoms with Gasteiger partial charge in [0.15, 0.2) is 0 Å². The van der Waals surface area contributed by atoms with E-state index in [9.17, 15) is 5.11 Å². The molecule has 3 atom stereocenters. The number of hydrogen-bond donors (Lipinski definition) is 2. The normalized spacial score (nSPS) is 27.3. The maximum Gasteiger partial charge on any atom is 0.0566 e. The Morgan fingerprint density at radius 3 is 2.57 bits per heavy atom. The van der Waals surface area contributed by atoms with E-state index < -0.39 is 0 Å². The highest BCUT2D eigenvalue weighted by atomic mass is 16.3. The number of rotatable bonds is 7. The van der Waals surface area contributed by atoms with Crippen LogP contribution in [0.25, 0.3) is 0 Å². The molecular weight excluding hydrogens is 284 g/mol. The van der Waals surface area contributed by atoms with E-state index >= 15 is 0 Å². The average molecular weight is 316 g/mol. The van der Waals surface area contributed by atoms with Gasteiger partial charge in [-0.15, -0.1) is 0 Å². The number of hydrogen-bond acceptors (Lipinski definition) is 3. The molecule has 0 amide bonds. The number of piperidine rings is 1. The highest BCUT2D eigenvalue weighted by Crippen LogP contribution is 2.33. The lowest BCUT2D eigenvalue weighted by molar-refractivity contribution is 0.0590. The zero-order chi connectivity index (χ0) is 16.2. The molecule has 1 aliphatic carbocycles. The van der Waals surface area contributed by atoms with Gasteiger partial charge in [0, 0.05) is 31.7 Å². The molecule has 23 heavy (non-hydrogen) atoms. The predicted octanol–water partition coefficient (Wildman–Crippen LogP) is 3.04. The predicted molar refractivity (Wildman–Crippen MR) is 95.2 cm³/mol. The minimum Gasteiger partial charge on any atom is -0.393 e. The molecule has 2 fully saturated rings. The zero-order valence-electron chi connectivity index (χ0n) is 14.6. The first-order valence-corrected chi connectivity index (χ1v) is 9.31. The van der Waals surface area contributed by atoms with Gasteiger partial charge in [0.1, 0.15) is 0 Å². The fraction of sp³-hybridized carbons (Fsp3) is 0.700. The first-order chi connectivity index (χ1) is 11.1. The molecular formula is C20H32N2O. The van der Waals surface area contributed by atoms with Gasteiger partial charge in [-0.05, 0) is 43.1 Å². The number of benzene rings is 1. The molecule has 1 aliphatic heterocycles. The maximum atomic E-state index is 10.3. The van der Waals surface area contributed by atoms with E-state index in [0.717, 1.165) is 19.0 Å². The van der Waals surface area contributed by atoms with Gasteiger partial charge in [0.25, 0.3) is 0 Å². The Morgan fingerprint density at radius 1 is 1.17 bits per heavy atom. The van der Waals surface area contributed by atoms with Gasteiger partial charge in [-0.3, -0.25) is 4.90 Å². The number of likely N-dealkylation sites (tertiary alicyclic amines) is 1. The van der Waals surface area contributed by atoms with Crippen molar-refractivity contribution in [2.24, 2.45) is 11.8 Å². The summed E-state index contributed by atoms with van der Waals surface area (Å²) < 4.78 is 0. The van der Waals surface area contributed by atoms with Crippen molar-refractivity contribution in [3.63, 3.8) is 0 Å². The quantitative estimate of drug-likeness (QED) is 0.811. The SMILES string of the molecule is CC(C)C(O)CC1CC(NCc2ccccc2)CN(C2CC2)C1. The summed E-state index contributed by atoms with van der Waals surface area (Å²) in [7, 11) is 0. The third-order valence-electron chi connectivity index (χ3n) is 5.41. The van der Waals surface area contributed by atoms with Crippen LogP contribution in [-0.4, -0.2) is 41.3 Å². The standard InChI is InChI=1S/C20H32N2O/c1-15(2)20(23)11-17-10-18(14-22(13-17)19-8-9-19)21-12-16-6-4-3-5-7-16/h3-7,15,17-21,23H,8-14H2,1-2H3. The Hall–Kier alpha value is -0.900. The van der Waals surface area contributed by atoms with Gasteiger partial charge < -0.3 is 10.4 Å². The van der Waals surface area contributed by atoms with Gasteiger partial charge in [0.05, 0.1) is 6.10 Å². The molecule has 1 saturated heterocycles. The molecule has 3 heteroatoms. The van der Waals surface area contributed by atoms with Crippen LogP contribution in [0.3, 0.4) is 0 Å². The van der Waals surface area contributed by atoms with Gasteiger partial charge in [0.2, 0.25) is 0 Å². The van der Waals surface area contributed by atoms with Crippen LogP contribution in [0, 0.1) is 11.8 Å². The summed E-state index contributed by atoms with van der Waals surface area (Å²) in [6.45, 7) is 7.54. The van der Waals surface area contributed by atoms with E-state index in [1.54, 1.807) is 0 Å². The van der Waals surface area contributed by atoms with Crippen LogP contribution in [-0.2, 0) is 6.54 Å². The molecule has 0 bridgehead atoms. The van der Waals surface area contributed by atoms with Crippen molar-refractivity contribution in [3.8, 4) is 0 Å². The average Bonchev–Trinajstić information content (AvgIpc) is 3.38. The van der Waals surface area contributed by atoms with Crippen LogP contribution in [0.1, 0.15) is 45.1 Å². The Labute approximate surface area is 141 Å². The highest BCUT2D eigenvalue weighted by Gasteiger charge is 2.36. The molecule has 3 nitrogen and oxygen atoms in total. The molecule has 0 radical (unpaired) electrons. The lowest BCUT2D eigenvalue weighted by Crippen LogP contribution is -2.50. The fourth-order valence-electron chi connectivity index (χ4n) is 3.77. The van der Waals surface area contributed by atoms with E-state index in [1.807, 2.05) is 0 Å². The van der Waals surface area contributed by atoms with Crippen LogP contribution in [0.2, 0.25) is 0 Å². The first-order valence-electron chi connectivity index (χ1n) is 9.31. The molecule has 0 aromatic heterocycles. The largest absolute Gasteiger partial charge is 0.393 e. The second-order valence-corrected chi connectivity index (χ2v) is 7.90. The van der Waals surface area contributed by atoms with E-state index in [-0.39, 0.29) is 6.10 Å². The van der Waals surface area contributed by atoms with Gasteiger partial charge >= 0.3 is 0 Å². The molecule has 1 saturated carbocycles. The van der Waals surface area contributed by atoms with Crippen molar-refractivity contribution in [1.82, 2.24) is 10.2 Å². The fourth-order valence-corrected chi connectivity index (χ4v) is 3.77. The summed E-state index contributed by atoms with van der Waals surface area (Å²) in [6, 6.07) is 12.0. The van der Waals surface area contributed by atoms with Crippen molar-refractivity contribution in [3.05, 3.63) is 35.9 Å². The van der Waals surface area contributed by atoms with Gasteiger partial charge in [-0.1, -0.05) is 44.2 Å². The molecule has 0 spiro atoms. The minimum atomic E-state index is -0.158. The molecule has 3 unspecified atom stereocenters. The van der Waals surface area contributed by atoms with Crippen LogP contribution in [0.4, 0.5) is 0 Å². The second-order valence-electron chi connectivity index (χ2n) is 7.90. The molecule has 3 rings (SSSR count). The van der Waals surface area contributed by atoms with Crippen LogP contribution < -0.4 is 5.32 Å². The number of nitrogens with zero attached hydrogens (tertiary/aromatic N) is 1. The van der Waals surface area contributed by atoms with Crippen LogP contribution in [0.15, 0.2) is 30.3 Å². The zero-order valence-corrected chi connectivity index (χ0v) is 14.6. The molecule has 2 N–H and O–H groups in total. The lowest BCUT2D eigenvalue weighted by Gasteiger charge is -2.39. The summed E-state index contributed by atoms with van der Waals surface area (Å²) in [4.78, 5) is 2.67. The highest BCUT2D eigenvalue weighted by molar-refractivity contribution is 5.14. The third kappa shape index (κ3) is 5.03. The number of aliphatic hydroxyl groups is 1. The summed E-state index contributed by atoms with van der Waals surface area (Å²) in [5, 5.41) is 14.0. The Morgan fingerprint density at radius 2 is 1.91 bits per heavy atom. The molecule has 2 aliphatic rings. The second kappa shape index (κ2) is 7.78. The lowest BCUT2D eigenvalue weighted by atomic mass is 9.86. The van der Waals surface area contributed by atoms with Crippen molar-refractivity contribution < 1.29 is 5.11 Å². The topological polar surface area (TPSA) is 35.5 Å². The third-order valence-corrected chi connectivity index (χ3v) is 5.41. The Balaban J connectivity index is 1.55. The van der Waals surface area contributed by atoms with Gasteiger partial charge in [-0.25, -0.2) is 0 Å². The summed E-state index contributed by atoms with van der Waals surface area (Å²) in [5.41, 5.74) is 1.36. The van der Waals surface area contributed by atoms with E-state index in [1.165, 1.54) is 37.9 Å². The van der Waals surface area contributed by atoms with Gasteiger partial charge in [-0.2, -0.15) is 0 Å². The first kappa shape index (κ1) is 16.9. The van der Waals surface area contributed by atoms with Crippen molar-refractivity contribution in [1.29, 1.82) is 0 Å². The van der Waals surface area contributed by atoms with E-state index in [0.29, 0.717) is 17.9 Å². The number of aliphatic hydroxyl groups excluding tert-OH is 1. The Bertz CT molecular complexity index is 470. The van der Waals surface area contributed by atoms with Crippen LogP contribution >= 0.6 is 0 Å². The summed E-state index contributed by atoms with van der Waals surface area (Å²) in [5.74, 6) is 0.983. The molecule has 128 valence electrons. The summed E-state index contributed by atoms with van der Waals surface area (Å²) in [6.07, 6.45) is 4.72. The monoisotopic (exact) mass is 316 g/mol. The maximum absolute atomic E-state index is 10.3. The van der Waals surface area contributed by atoms with Crippen molar-refractivity contribution in [2.75, 3.05) is 13.1 Å². The Kier molecular flexibility index (Phi) is 5.73. The van der Waals surface area contributed by atoms with E-state index in [2.05, 4.69) is 54.4 Å². The van der Waals surface area contributed by atoms with Crippen LogP contribution in [0.5, 0.6) is 0 Å². The molecule has 1 aromatic rings. The number of nitrogens with one attached hydrogen (secondary N) is 1. The van der Waals surface area contributed by atoms with Crippen molar-refractivity contribution >= 4 is 0 Å². The molecule has 1 heterocycles. The van der Waals surface area contributed by atoms with E-state index in [4.69, 9.17) is 0 Å². The molecule has 1 aromatic carbocycles. The summed E-state index contributed by atoms with van der Waals surface area (Å²) >= 11 is 0. The minimum absolute atomic E-state index is 0.158. The smallest absolute Gasteiger partial charge is 0.0566 e. The van der Waals surface area contributed by atoms with Crippen molar-refractivity contribution in [2.45, 2.75) is 64.3 Å².